The number of rotatable bonds is 6. The number of hydrogen-bond donors (Lipinski definition) is 0. The Kier molecular flexibility index (Phi) is 8.15. The van der Waals surface area contributed by atoms with Crippen molar-refractivity contribution in [3.63, 3.8) is 0 Å². The summed E-state index contributed by atoms with van der Waals surface area (Å²) < 4.78 is 8.14. The standard InChI is InChI=1S/C37H40N6O3S/c1-26-21-35(43(38-26)27-9-3-2-4-10-27)40-17-15-39(16-18-40)28-22-34(36(44)41-19-20-47-25-41)42(23-28)37(45)46-24-33-31-13-7-5-11-29(31)30-12-6-8-14-32(30)33/h2-14,21,28,33-34H,15-20,22-25H2,1H3/t28-,34-/m0/s1. The molecule has 242 valence electrons. The number of amides is 2. The Balaban J connectivity index is 0.967. The zero-order valence-electron chi connectivity index (χ0n) is 26.7. The molecule has 3 aromatic carbocycles. The summed E-state index contributed by atoms with van der Waals surface area (Å²) in [5, 5.41) is 4.78. The maximum Gasteiger partial charge on any atom is 0.410 e. The number of carbonyl (C=O) groups excluding carboxylic acids is 2. The van der Waals surface area contributed by atoms with Crippen LogP contribution in [0.2, 0.25) is 0 Å². The Hall–Kier alpha value is -4.28. The number of hydrogen-bond acceptors (Lipinski definition) is 7. The molecule has 4 heterocycles. The Bertz CT molecular complexity index is 1720. The van der Waals surface area contributed by atoms with E-state index in [0.29, 0.717) is 18.8 Å². The normalized spacial score (nSPS) is 21.3. The molecule has 0 saturated carbocycles. The van der Waals surface area contributed by atoms with Crippen LogP contribution in [-0.2, 0) is 9.53 Å². The summed E-state index contributed by atoms with van der Waals surface area (Å²) in [6, 6.07) is 28.7. The maximum absolute atomic E-state index is 13.9. The van der Waals surface area contributed by atoms with Gasteiger partial charge in [0.1, 0.15) is 18.5 Å². The summed E-state index contributed by atoms with van der Waals surface area (Å²) >= 11 is 1.77. The number of benzene rings is 3. The molecule has 0 spiro atoms. The molecule has 0 unspecified atom stereocenters. The van der Waals surface area contributed by atoms with Gasteiger partial charge >= 0.3 is 6.09 Å². The molecule has 9 nitrogen and oxygen atoms in total. The smallest absolute Gasteiger partial charge is 0.410 e. The molecule has 0 N–H and O–H groups in total. The number of para-hydroxylation sites is 1. The topological polar surface area (TPSA) is 74.2 Å². The van der Waals surface area contributed by atoms with Gasteiger partial charge in [-0.25, -0.2) is 9.48 Å². The zero-order valence-corrected chi connectivity index (χ0v) is 27.5. The predicted molar refractivity (Wildman–Crippen MR) is 185 cm³/mol. The van der Waals surface area contributed by atoms with Gasteiger partial charge in [-0.3, -0.25) is 14.6 Å². The van der Waals surface area contributed by atoms with Gasteiger partial charge in [0.25, 0.3) is 0 Å². The molecule has 8 rings (SSSR count). The van der Waals surface area contributed by atoms with Crippen molar-refractivity contribution >= 4 is 29.6 Å². The van der Waals surface area contributed by atoms with Crippen molar-refractivity contribution in [1.82, 2.24) is 24.5 Å². The Labute approximate surface area is 280 Å². The number of ether oxygens (including phenoxy) is 1. The molecule has 3 aliphatic heterocycles. The van der Waals surface area contributed by atoms with Gasteiger partial charge in [-0.1, -0.05) is 66.7 Å². The van der Waals surface area contributed by atoms with Crippen LogP contribution >= 0.6 is 11.8 Å². The van der Waals surface area contributed by atoms with Gasteiger partial charge in [-0.15, -0.1) is 11.8 Å². The number of carbonyl (C=O) groups is 2. The van der Waals surface area contributed by atoms with E-state index in [1.807, 2.05) is 46.8 Å². The van der Waals surface area contributed by atoms with Crippen molar-refractivity contribution in [1.29, 1.82) is 0 Å². The first-order valence-corrected chi connectivity index (χ1v) is 17.8. The van der Waals surface area contributed by atoms with E-state index in [1.165, 1.54) is 22.3 Å². The molecule has 3 fully saturated rings. The third-order valence-corrected chi connectivity index (χ3v) is 11.1. The highest BCUT2D eigenvalue weighted by atomic mass is 32.2. The summed E-state index contributed by atoms with van der Waals surface area (Å²) in [5.74, 6) is 2.75. The summed E-state index contributed by atoms with van der Waals surface area (Å²) in [6.07, 6.45) is 0.242. The average molecular weight is 649 g/mol. The molecule has 3 saturated heterocycles. The first-order chi connectivity index (χ1) is 23.0. The summed E-state index contributed by atoms with van der Waals surface area (Å²) in [4.78, 5) is 36.2. The number of piperazine rings is 1. The Morgan fingerprint density at radius 2 is 1.55 bits per heavy atom. The fraction of sp³-hybridized carbons (Fsp3) is 0.378. The molecule has 4 aromatic rings. The third-order valence-electron chi connectivity index (χ3n) is 10.2. The SMILES string of the molecule is Cc1cc(N2CCN([C@H]3C[C@@H](C(=O)N4CCSC4)N(C(=O)OCC4c5ccccc5-c5ccccc54)C3)CC2)n(-c2ccccc2)n1. The molecule has 4 aliphatic rings. The van der Waals surface area contributed by atoms with E-state index < -0.39 is 6.04 Å². The molecule has 1 aromatic heterocycles. The van der Waals surface area contributed by atoms with Crippen molar-refractivity contribution in [2.45, 2.75) is 31.3 Å². The van der Waals surface area contributed by atoms with Gasteiger partial charge in [0.05, 0.1) is 17.3 Å². The lowest BCUT2D eigenvalue weighted by Crippen LogP contribution is -2.51. The van der Waals surface area contributed by atoms with Gasteiger partial charge in [0, 0.05) is 63.0 Å². The van der Waals surface area contributed by atoms with E-state index in [4.69, 9.17) is 9.84 Å². The van der Waals surface area contributed by atoms with E-state index in [-0.39, 0.29) is 30.6 Å². The van der Waals surface area contributed by atoms with Crippen molar-refractivity contribution in [2.24, 2.45) is 0 Å². The first kappa shape index (κ1) is 30.1. The minimum absolute atomic E-state index is 0.0186. The first-order valence-electron chi connectivity index (χ1n) is 16.6. The number of aromatic nitrogens is 2. The molecule has 1 aliphatic carbocycles. The molecule has 0 radical (unpaired) electrons. The summed E-state index contributed by atoms with van der Waals surface area (Å²) in [6.45, 7) is 6.91. The van der Waals surface area contributed by atoms with Crippen LogP contribution in [0.15, 0.2) is 84.9 Å². The van der Waals surface area contributed by atoms with Crippen LogP contribution in [0.1, 0.15) is 29.2 Å². The van der Waals surface area contributed by atoms with Crippen LogP contribution in [0, 0.1) is 6.92 Å². The largest absolute Gasteiger partial charge is 0.448 e. The molecule has 2 amide bonds. The van der Waals surface area contributed by atoms with E-state index in [9.17, 15) is 9.59 Å². The van der Waals surface area contributed by atoms with Crippen molar-refractivity contribution in [3.05, 3.63) is 102 Å². The van der Waals surface area contributed by atoms with Crippen LogP contribution in [0.3, 0.4) is 0 Å². The Morgan fingerprint density at radius 3 is 2.23 bits per heavy atom. The van der Waals surface area contributed by atoms with Gasteiger partial charge in [0.15, 0.2) is 0 Å². The lowest BCUT2D eigenvalue weighted by molar-refractivity contribution is -0.134. The van der Waals surface area contributed by atoms with Crippen molar-refractivity contribution in [3.8, 4) is 16.8 Å². The highest BCUT2D eigenvalue weighted by Crippen LogP contribution is 2.44. The fourth-order valence-corrected chi connectivity index (χ4v) is 8.73. The Morgan fingerprint density at radius 1 is 0.872 bits per heavy atom. The number of fused-ring (bicyclic) bond motifs is 3. The summed E-state index contributed by atoms with van der Waals surface area (Å²) in [7, 11) is 0. The third kappa shape index (κ3) is 5.67. The highest BCUT2D eigenvalue weighted by Gasteiger charge is 2.45. The van der Waals surface area contributed by atoms with Crippen molar-refractivity contribution < 1.29 is 14.3 Å². The van der Waals surface area contributed by atoms with E-state index in [0.717, 1.165) is 55.7 Å². The number of thioether (sulfide) groups is 1. The predicted octanol–water partition coefficient (Wildman–Crippen LogP) is 5.23. The average Bonchev–Trinajstić information content (AvgIpc) is 3.93. The number of nitrogens with zero attached hydrogens (tertiary/aromatic N) is 6. The number of aryl methyl sites for hydroxylation is 1. The van der Waals surface area contributed by atoms with E-state index in [2.05, 4.69) is 64.4 Å². The van der Waals surface area contributed by atoms with Crippen molar-refractivity contribution in [2.75, 3.05) is 62.4 Å². The quantitative estimate of drug-likeness (QED) is 0.284. The fourth-order valence-electron chi connectivity index (χ4n) is 7.78. The minimum Gasteiger partial charge on any atom is -0.448 e. The minimum atomic E-state index is -0.505. The molecular weight excluding hydrogens is 609 g/mol. The molecule has 0 bridgehead atoms. The monoisotopic (exact) mass is 648 g/mol. The van der Waals surface area contributed by atoms with Crippen LogP contribution in [-0.4, -0.2) is 106 Å². The van der Waals surface area contributed by atoms with Crippen LogP contribution in [0.25, 0.3) is 16.8 Å². The highest BCUT2D eigenvalue weighted by molar-refractivity contribution is 7.99. The van der Waals surface area contributed by atoms with Crippen LogP contribution < -0.4 is 4.90 Å². The molecule has 47 heavy (non-hydrogen) atoms. The van der Waals surface area contributed by atoms with Gasteiger partial charge in [-0.05, 0) is 47.7 Å². The molecule has 2 atom stereocenters. The summed E-state index contributed by atoms with van der Waals surface area (Å²) in [5.41, 5.74) is 6.81. The van der Waals surface area contributed by atoms with E-state index >= 15 is 0 Å². The maximum atomic E-state index is 13.9. The van der Waals surface area contributed by atoms with Gasteiger partial charge < -0.3 is 14.5 Å². The van der Waals surface area contributed by atoms with Crippen LogP contribution in [0.5, 0.6) is 0 Å². The number of anilines is 1. The lowest BCUT2D eigenvalue weighted by atomic mass is 9.98. The second-order valence-corrected chi connectivity index (χ2v) is 14.0. The zero-order chi connectivity index (χ0) is 31.9. The number of likely N-dealkylation sites (tertiary alicyclic amines) is 1. The van der Waals surface area contributed by atoms with Crippen LogP contribution in [0.4, 0.5) is 10.6 Å². The second kappa shape index (κ2) is 12.7. The molecular formula is C37H40N6O3S. The van der Waals surface area contributed by atoms with Gasteiger partial charge in [0.2, 0.25) is 5.91 Å². The lowest BCUT2D eigenvalue weighted by Gasteiger charge is -2.38. The molecule has 10 heteroatoms. The van der Waals surface area contributed by atoms with Gasteiger partial charge in [-0.2, -0.15) is 5.10 Å². The van der Waals surface area contributed by atoms with E-state index in [1.54, 1.807) is 16.7 Å². The second-order valence-electron chi connectivity index (χ2n) is 12.9.